The second-order valence-corrected chi connectivity index (χ2v) is 14.7. The minimum Gasteiger partial charge on any atom is -0.309 e. The van der Waals surface area contributed by atoms with Gasteiger partial charge in [0.15, 0.2) is 11.6 Å². The highest BCUT2D eigenvalue weighted by Gasteiger charge is 2.40. The minimum absolute atomic E-state index is 0.210. The van der Waals surface area contributed by atoms with E-state index in [4.69, 9.17) is 19.9 Å². The Labute approximate surface area is 318 Å². The summed E-state index contributed by atoms with van der Waals surface area (Å²) in [7, 11) is 0. The first-order valence-electron chi connectivity index (χ1n) is 18.7. The van der Waals surface area contributed by atoms with Crippen molar-refractivity contribution < 1.29 is 0 Å². The molecule has 6 nitrogen and oxygen atoms in total. The van der Waals surface area contributed by atoms with Crippen LogP contribution >= 0.6 is 0 Å². The first kappa shape index (κ1) is 31.4. The Balaban J connectivity index is 1.29. The molecule has 0 aliphatic heterocycles. The zero-order chi connectivity index (χ0) is 36.7. The second-order valence-electron chi connectivity index (χ2n) is 14.7. The normalized spacial score (nSPS) is 13.1. The molecule has 0 bridgehead atoms. The van der Waals surface area contributed by atoms with Crippen LogP contribution in [0.4, 0.5) is 0 Å². The molecule has 55 heavy (non-hydrogen) atoms. The largest absolute Gasteiger partial charge is 0.309 e. The number of hydrogen-bond donors (Lipinski definition) is 0. The first-order valence-corrected chi connectivity index (χ1v) is 18.7. The lowest BCUT2D eigenvalue weighted by Gasteiger charge is -2.21. The summed E-state index contributed by atoms with van der Waals surface area (Å²) in [6, 6.07) is 57.4. The molecule has 0 amide bonds. The summed E-state index contributed by atoms with van der Waals surface area (Å²) in [6.07, 6.45) is 1.85. The van der Waals surface area contributed by atoms with E-state index in [1.807, 2.05) is 54.7 Å². The maximum atomic E-state index is 5.24. The molecule has 4 aromatic heterocycles. The number of fused-ring (bicyclic) bond motifs is 8. The Morgan fingerprint density at radius 3 is 1.78 bits per heavy atom. The molecule has 0 fully saturated rings. The van der Waals surface area contributed by atoms with Gasteiger partial charge in [0.2, 0.25) is 5.95 Å². The number of aromatic nitrogens is 6. The predicted octanol–water partition coefficient (Wildman–Crippen LogP) is 11.6. The van der Waals surface area contributed by atoms with Crippen LogP contribution in [0.3, 0.4) is 0 Å². The molecule has 6 heteroatoms. The number of rotatable bonds is 5. The van der Waals surface area contributed by atoms with Gasteiger partial charge in [-0.2, -0.15) is 9.97 Å². The minimum atomic E-state index is -0.210. The van der Waals surface area contributed by atoms with Crippen LogP contribution in [0.1, 0.15) is 25.0 Å². The van der Waals surface area contributed by atoms with Gasteiger partial charge in [-0.15, -0.1) is 0 Å². The van der Waals surface area contributed by atoms with Crippen molar-refractivity contribution in [2.24, 2.45) is 0 Å². The van der Waals surface area contributed by atoms with Gasteiger partial charge in [-0.25, -0.2) is 4.98 Å². The second kappa shape index (κ2) is 11.9. The number of hydrogen-bond acceptors (Lipinski definition) is 4. The van der Waals surface area contributed by atoms with E-state index in [2.05, 4.69) is 138 Å². The number of pyridine rings is 1. The molecule has 0 spiro atoms. The molecule has 10 aromatic rings. The van der Waals surface area contributed by atoms with E-state index in [9.17, 15) is 0 Å². The molecule has 0 unspecified atom stereocenters. The average molecular weight is 707 g/mol. The Morgan fingerprint density at radius 1 is 0.473 bits per heavy atom. The molecule has 1 aliphatic rings. The summed E-state index contributed by atoms with van der Waals surface area (Å²) < 4.78 is 4.68. The highest BCUT2D eigenvalue weighted by Crippen LogP contribution is 2.54. The fraction of sp³-hybridized carbons (Fsp3) is 0.0612. The maximum absolute atomic E-state index is 5.24. The van der Waals surface area contributed by atoms with Crippen molar-refractivity contribution >= 4 is 32.7 Å². The van der Waals surface area contributed by atoms with Gasteiger partial charge in [-0.1, -0.05) is 129 Å². The van der Waals surface area contributed by atoms with Crippen LogP contribution in [0.25, 0.3) is 89.6 Å². The smallest absolute Gasteiger partial charge is 0.238 e. The lowest BCUT2D eigenvalue weighted by molar-refractivity contribution is 0.666. The van der Waals surface area contributed by atoms with E-state index in [1.165, 1.54) is 27.8 Å². The lowest BCUT2D eigenvalue weighted by atomic mass is 9.81. The van der Waals surface area contributed by atoms with Gasteiger partial charge in [0.1, 0.15) is 0 Å². The third kappa shape index (κ3) is 4.74. The lowest BCUT2D eigenvalue weighted by Crippen LogP contribution is -2.14. The Bertz CT molecular complexity index is 3030. The number of nitrogens with zero attached hydrogens (tertiary/aromatic N) is 6. The molecule has 0 N–H and O–H groups in total. The molecule has 0 radical (unpaired) electrons. The SMILES string of the molecule is CC1(C)c2ccccc2-c2c1c1cc3c4cc(-c5ccccn5)ccc4n(-c4nc(-c5ccccc5)nc(-c5ccccc5)n4)c3cc1n2-c1ccccc1. The Hall–Kier alpha value is -7.18. The number of para-hydroxylation sites is 1. The van der Waals surface area contributed by atoms with Crippen molar-refractivity contribution in [3.63, 3.8) is 0 Å². The van der Waals surface area contributed by atoms with Crippen LogP contribution in [0.5, 0.6) is 0 Å². The maximum Gasteiger partial charge on any atom is 0.238 e. The zero-order valence-corrected chi connectivity index (χ0v) is 30.3. The monoisotopic (exact) mass is 706 g/mol. The molecule has 0 saturated carbocycles. The molecule has 260 valence electrons. The van der Waals surface area contributed by atoms with Crippen molar-refractivity contribution in [1.29, 1.82) is 0 Å². The Morgan fingerprint density at radius 2 is 1.09 bits per heavy atom. The summed E-state index contributed by atoms with van der Waals surface area (Å²) in [5, 5.41) is 3.47. The van der Waals surface area contributed by atoms with Crippen LogP contribution in [0.15, 0.2) is 170 Å². The van der Waals surface area contributed by atoms with E-state index in [-0.39, 0.29) is 5.41 Å². The quantitative estimate of drug-likeness (QED) is 0.179. The Kier molecular flexibility index (Phi) is 6.79. The van der Waals surface area contributed by atoms with Gasteiger partial charge >= 0.3 is 0 Å². The van der Waals surface area contributed by atoms with Crippen molar-refractivity contribution in [3.8, 4) is 56.9 Å². The highest BCUT2D eigenvalue weighted by molar-refractivity contribution is 6.16. The fourth-order valence-electron chi connectivity index (χ4n) is 8.71. The fourth-order valence-corrected chi connectivity index (χ4v) is 8.71. The van der Waals surface area contributed by atoms with Gasteiger partial charge < -0.3 is 4.57 Å². The van der Waals surface area contributed by atoms with E-state index in [1.54, 1.807) is 0 Å². The van der Waals surface area contributed by atoms with E-state index >= 15 is 0 Å². The summed E-state index contributed by atoms with van der Waals surface area (Å²) in [6.45, 7) is 4.72. The van der Waals surface area contributed by atoms with Crippen molar-refractivity contribution in [1.82, 2.24) is 29.1 Å². The standard InChI is InChI=1S/C49H34N6/c1-49(2)39-23-13-12-22-35(39)45-44(49)38-29-37-36-28-33(40-24-14-15-27-50-40)25-26-41(36)55(42(37)30-43(38)54(45)34-20-10-5-11-21-34)48-52-46(31-16-6-3-7-17-31)51-47(53-48)32-18-8-4-9-19-32/h3-30H,1-2H3. The molecule has 6 aromatic carbocycles. The summed E-state index contributed by atoms with van der Waals surface area (Å²) in [5.41, 5.74) is 13.1. The molecule has 4 heterocycles. The highest BCUT2D eigenvalue weighted by atomic mass is 15.2. The van der Waals surface area contributed by atoms with Crippen molar-refractivity contribution in [2.45, 2.75) is 19.3 Å². The molecule has 11 rings (SSSR count). The van der Waals surface area contributed by atoms with Gasteiger partial charge in [-0.05, 0) is 59.7 Å². The summed E-state index contributed by atoms with van der Waals surface area (Å²) >= 11 is 0. The molecule has 1 aliphatic carbocycles. The zero-order valence-electron chi connectivity index (χ0n) is 30.3. The molecule has 0 atom stereocenters. The van der Waals surface area contributed by atoms with E-state index in [0.29, 0.717) is 17.6 Å². The topological polar surface area (TPSA) is 61.4 Å². The summed E-state index contributed by atoms with van der Waals surface area (Å²) in [5.74, 6) is 1.81. The van der Waals surface area contributed by atoms with Crippen LogP contribution in [-0.4, -0.2) is 29.1 Å². The van der Waals surface area contributed by atoms with E-state index < -0.39 is 0 Å². The van der Waals surface area contributed by atoms with E-state index in [0.717, 1.165) is 55.4 Å². The predicted molar refractivity (Wildman–Crippen MR) is 223 cm³/mol. The molecular formula is C49H34N6. The molecular weight excluding hydrogens is 673 g/mol. The van der Waals surface area contributed by atoms with Crippen LogP contribution in [0.2, 0.25) is 0 Å². The first-order chi connectivity index (χ1) is 27.0. The third-order valence-corrected chi connectivity index (χ3v) is 11.2. The van der Waals surface area contributed by atoms with Crippen molar-refractivity contribution in [3.05, 3.63) is 181 Å². The van der Waals surface area contributed by atoms with Gasteiger partial charge in [0.25, 0.3) is 0 Å². The van der Waals surface area contributed by atoms with Crippen LogP contribution < -0.4 is 0 Å². The van der Waals surface area contributed by atoms with Gasteiger partial charge in [-0.3, -0.25) is 9.55 Å². The van der Waals surface area contributed by atoms with Gasteiger partial charge in [0.05, 0.1) is 27.9 Å². The van der Waals surface area contributed by atoms with Crippen molar-refractivity contribution in [2.75, 3.05) is 0 Å². The van der Waals surface area contributed by atoms with Crippen LogP contribution in [-0.2, 0) is 5.41 Å². The van der Waals surface area contributed by atoms with Crippen LogP contribution in [0, 0.1) is 0 Å². The van der Waals surface area contributed by atoms with Gasteiger partial charge in [0, 0.05) is 55.7 Å². The molecule has 0 saturated heterocycles. The number of benzene rings is 6. The third-order valence-electron chi connectivity index (χ3n) is 11.2. The summed E-state index contributed by atoms with van der Waals surface area (Å²) in [4.78, 5) is 20.2. The average Bonchev–Trinajstić information content (AvgIpc) is 3.84.